The Morgan fingerprint density at radius 3 is 2.89 bits per heavy atom. The van der Waals surface area contributed by atoms with Gasteiger partial charge in [0.25, 0.3) is 0 Å². The van der Waals surface area contributed by atoms with E-state index in [4.69, 9.17) is 14.0 Å². The lowest BCUT2D eigenvalue weighted by Crippen LogP contribution is -2.10. The largest absolute Gasteiger partial charge is 0.494 e. The van der Waals surface area contributed by atoms with Crippen LogP contribution in [0.4, 0.5) is 0 Å². The van der Waals surface area contributed by atoms with Crippen molar-refractivity contribution in [2.45, 2.75) is 31.6 Å². The summed E-state index contributed by atoms with van der Waals surface area (Å²) in [5, 5.41) is 4.01. The fourth-order valence-electron chi connectivity index (χ4n) is 3.52. The molecule has 2 aliphatic carbocycles. The van der Waals surface area contributed by atoms with Crippen molar-refractivity contribution < 1.29 is 14.0 Å². The number of hydrogen-bond acceptors (Lipinski definition) is 5. The van der Waals surface area contributed by atoms with E-state index in [1.54, 1.807) is 6.26 Å². The summed E-state index contributed by atoms with van der Waals surface area (Å²) in [6.45, 7) is 1.13. The van der Waals surface area contributed by atoms with Gasteiger partial charge in [-0.15, -0.1) is 0 Å². The second kappa shape index (κ2) is 4.00. The van der Waals surface area contributed by atoms with Gasteiger partial charge < -0.3 is 14.0 Å². The molecule has 96 valence electrons. The molecule has 5 nitrogen and oxygen atoms in total. The first-order valence-electron chi connectivity index (χ1n) is 6.68. The minimum Gasteiger partial charge on any atom is -0.494 e. The molecule has 2 bridgehead atoms. The molecule has 3 atom stereocenters. The highest BCUT2D eigenvalue weighted by molar-refractivity contribution is 5.51. The predicted octanol–water partition coefficient (Wildman–Crippen LogP) is 2.32. The van der Waals surface area contributed by atoms with Gasteiger partial charge in [0.1, 0.15) is 19.5 Å². The smallest absolute Gasteiger partial charge is 0.240 e. The molecule has 4 rings (SSSR count). The molecule has 3 unspecified atom stereocenters. The normalized spacial score (nSPS) is 34.0. The topological polar surface area (TPSA) is 57.4 Å². The molecular formula is C13H16N2O3. The molecule has 2 heterocycles. The summed E-state index contributed by atoms with van der Waals surface area (Å²) >= 11 is 0. The first kappa shape index (κ1) is 10.4. The number of aromatic nitrogens is 2. The minimum absolute atomic E-state index is 0.468. The molecule has 18 heavy (non-hydrogen) atoms. The SMILES string of the molecule is C1=C(c2noc(C3CC4CCC3C4)n2)OCCO1. The van der Waals surface area contributed by atoms with Crippen molar-refractivity contribution in [3.63, 3.8) is 0 Å². The van der Waals surface area contributed by atoms with Crippen molar-refractivity contribution in [2.24, 2.45) is 11.8 Å². The van der Waals surface area contributed by atoms with Gasteiger partial charge in [-0.2, -0.15) is 4.98 Å². The highest BCUT2D eigenvalue weighted by atomic mass is 16.6. The number of fused-ring (bicyclic) bond motifs is 2. The molecule has 3 aliphatic rings. The van der Waals surface area contributed by atoms with Crippen LogP contribution in [-0.2, 0) is 9.47 Å². The Morgan fingerprint density at radius 2 is 2.17 bits per heavy atom. The maximum Gasteiger partial charge on any atom is 0.240 e. The van der Waals surface area contributed by atoms with E-state index in [1.807, 2.05) is 0 Å². The van der Waals surface area contributed by atoms with Crippen LogP contribution in [0.1, 0.15) is 43.3 Å². The fraction of sp³-hybridized carbons (Fsp3) is 0.692. The standard InChI is InChI=1S/C13H16N2O3/c1-2-9-5-8(1)6-10(9)13-14-12(15-18-13)11-7-16-3-4-17-11/h7-10H,1-6H2. The van der Waals surface area contributed by atoms with Crippen molar-refractivity contribution in [1.29, 1.82) is 0 Å². The summed E-state index contributed by atoms with van der Waals surface area (Å²) in [6.07, 6.45) is 6.81. The molecule has 1 aromatic heterocycles. The number of nitrogens with zero attached hydrogens (tertiary/aromatic N) is 2. The number of ether oxygens (including phenoxy) is 2. The minimum atomic E-state index is 0.468. The van der Waals surface area contributed by atoms with Gasteiger partial charge in [-0.3, -0.25) is 0 Å². The van der Waals surface area contributed by atoms with E-state index >= 15 is 0 Å². The highest BCUT2D eigenvalue weighted by Crippen LogP contribution is 2.52. The molecule has 0 spiro atoms. The Balaban J connectivity index is 1.56. The quantitative estimate of drug-likeness (QED) is 0.803. The average molecular weight is 248 g/mol. The van der Waals surface area contributed by atoms with Crippen LogP contribution >= 0.6 is 0 Å². The van der Waals surface area contributed by atoms with E-state index in [0.29, 0.717) is 30.7 Å². The van der Waals surface area contributed by atoms with Gasteiger partial charge in [-0.1, -0.05) is 11.6 Å². The van der Waals surface area contributed by atoms with Crippen molar-refractivity contribution in [1.82, 2.24) is 10.1 Å². The van der Waals surface area contributed by atoms with E-state index < -0.39 is 0 Å². The summed E-state index contributed by atoms with van der Waals surface area (Å²) in [5.41, 5.74) is 0. The lowest BCUT2D eigenvalue weighted by molar-refractivity contribution is 0.124. The van der Waals surface area contributed by atoms with Crippen LogP contribution in [0.3, 0.4) is 0 Å². The van der Waals surface area contributed by atoms with E-state index in [9.17, 15) is 0 Å². The maximum atomic E-state index is 5.45. The van der Waals surface area contributed by atoms with Gasteiger partial charge in [-0.05, 0) is 31.1 Å². The third-order valence-corrected chi connectivity index (χ3v) is 4.37. The summed E-state index contributed by atoms with van der Waals surface area (Å²) in [7, 11) is 0. The van der Waals surface area contributed by atoms with Crippen molar-refractivity contribution in [2.75, 3.05) is 13.2 Å². The van der Waals surface area contributed by atoms with Gasteiger partial charge in [0, 0.05) is 5.92 Å². The zero-order valence-corrected chi connectivity index (χ0v) is 10.2. The van der Waals surface area contributed by atoms with Crippen LogP contribution < -0.4 is 0 Å². The lowest BCUT2D eigenvalue weighted by atomic mass is 9.89. The molecule has 0 aromatic carbocycles. The Labute approximate surface area is 105 Å². The van der Waals surface area contributed by atoms with Crippen LogP contribution in [0.15, 0.2) is 10.8 Å². The van der Waals surface area contributed by atoms with Crippen LogP contribution in [0.5, 0.6) is 0 Å². The fourth-order valence-corrected chi connectivity index (χ4v) is 3.52. The molecule has 0 N–H and O–H groups in total. The second-order valence-electron chi connectivity index (χ2n) is 5.44. The van der Waals surface area contributed by atoms with Gasteiger partial charge >= 0.3 is 0 Å². The third-order valence-electron chi connectivity index (χ3n) is 4.37. The molecule has 5 heteroatoms. The highest BCUT2D eigenvalue weighted by Gasteiger charge is 2.43. The first-order valence-corrected chi connectivity index (χ1v) is 6.68. The van der Waals surface area contributed by atoms with Crippen molar-refractivity contribution in [3.05, 3.63) is 18.0 Å². The van der Waals surface area contributed by atoms with Gasteiger partial charge in [-0.25, -0.2) is 0 Å². The van der Waals surface area contributed by atoms with E-state index in [2.05, 4.69) is 10.1 Å². The van der Waals surface area contributed by atoms with Crippen LogP contribution in [0.2, 0.25) is 0 Å². The molecule has 1 aliphatic heterocycles. The van der Waals surface area contributed by atoms with Crippen LogP contribution in [0.25, 0.3) is 5.76 Å². The van der Waals surface area contributed by atoms with E-state index in [0.717, 1.165) is 17.7 Å². The Hall–Kier alpha value is -1.52. The maximum absolute atomic E-state index is 5.45. The molecule has 1 aromatic rings. The number of rotatable bonds is 2. The molecule has 0 radical (unpaired) electrons. The average Bonchev–Trinajstić information content (AvgIpc) is 3.15. The van der Waals surface area contributed by atoms with Crippen molar-refractivity contribution >= 4 is 5.76 Å². The monoisotopic (exact) mass is 248 g/mol. The predicted molar refractivity (Wildman–Crippen MR) is 62.4 cm³/mol. The zero-order valence-electron chi connectivity index (χ0n) is 10.2. The summed E-state index contributed by atoms with van der Waals surface area (Å²) in [6, 6.07) is 0. The Bertz CT molecular complexity index is 482. The number of hydrogen-bond donors (Lipinski definition) is 0. The molecule has 0 saturated heterocycles. The Morgan fingerprint density at radius 1 is 1.17 bits per heavy atom. The van der Waals surface area contributed by atoms with Crippen LogP contribution in [-0.4, -0.2) is 23.4 Å². The lowest BCUT2D eigenvalue weighted by Gasteiger charge is -2.17. The summed E-state index contributed by atoms with van der Waals surface area (Å²) in [5.74, 6) is 3.99. The molecule has 2 saturated carbocycles. The summed E-state index contributed by atoms with van der Waals surface area (Å²) < 4.78 is 16.1. The van der Waals surface area contributed by atoms with Gasteiger partial charge in [0.2, 0.25) is 17.5 Å². The molecular weight excluding hydrogens is 232 g/mol. The van der Waals surface area contributed by atoms with E-state index in [-0.39, 0.29) is 0 Å². The van der Waals surface area contributed by atoms with Crippen molar-refractivity contribution in [3.8, 4) is 0 Å². The Kier molecular flexibility index (Phi) is 2.31. The second-order valence-corrected chi connectivity index (χ2v) is 5.44. The van der Waals surface area contributed by atoms with Gasteiger partial charge in [0.05, 0.1) is 0 Å². The van der Waals surface area contributed by atoms with Crippen LogP contribution in [0, 0.1) is 11.8 Å². The molecule has 0 amide bonds. The zero-order chi connectivity index (χ0) is 11.9. The summed E-state index contributed by atoms with van der Waals surface area (Å²) in [4.78, 5) is 4.48. The van der Waals surface area contributed by atoms with Gasteiger partial charge in [0.15, 0.2) is 0 Å². The third kappa shape index (κ3) is 1.61. The van der Waals surface area contributed by atoms with E-state index in [1.165, 1.54) is 25.7 Å². The first-order chi connectivity index (χ1) is 8.90. The molecule has 2 fully saturated rings.